The van der Waals surface area contributed by atoms with E-state index in [-0.39, 0.29) is 23.0 Å². The molecule has 0 aromatic rings. The Balaban J connectivity index is 4.56. The molecule has 0 N–H and O–H groups in total. The number of ether oxygens (including phenoxy) is 1. The van der Waals surface area contributed by atoms with Crippen molar-refractivity contribution < 1.29 is 14.0 Å². The maximum absolute atomic E-state index is 11.7. The van der Waals surface area contributed by atoms with Crippen LogP contribution in [0.15, 0.2) is 12.7 Å². The van der Waals surface area contributed by atoms with Gasteiger partial charge in [-0.3, -0.25) is 4.79 Å². The zero-order valence-electron chi connectivity index (χ0n) is 20.6. The minimum atomic E-state index is -1.82. The van der Waals surface area contributed by atoms with Crippen LogP contribution in [0.3, 0.4) is 0 Å². The summed E-state index contributed by atoms with van der Waals surface area (Å²) in [4.78, 5) is 11.7. The van der Waals surface area contributed by atoms with E-state index in [1.54, 1.807) is 0 Å². The molecule has 29 heavy (non-hydrogen) atoms. The molecule has 0 rings (SSSR count). The van der Waals surface area contributed by atoms with Gasteiger partial charge in [-0.05, 0) is 37.4 Å². The maximum Gasteiger partial charge on any atom is 0.302 e. The van der Waals surface area contributed by atoms with Gasteiger partial charge in [-0.1, -0.05) is 85.1 Å². The quantitative estimate of drug-likeness (QED) is 0.102. The Morgan fingerprint density at radius 2 is 1.52 bits per heavy atom. The average Bonchev–Trinajstić information content (AvgIpc) is 2.61. The van der Waals surface area contributed by atoms with E-state index in [1.807, 2.05) is 6.08 Å². The second-order valence-electron chi connectivity index (χ2n) is 10.1. The summed E-state index contributed by atoms with van der Waals surface area (Å²) >= 11 is 0. The summed E-state index contributed by atoms with van der Waals surface area (Å²) < 4.78 is 12.2. The lowest BCUT2D eigenvalue weighted by molar-refractivity contribution is -0.150. The molecule has 0 aromatic carbocycles. The highest BCUT2D eigenvalue weighted by Gasteiger charge is 2.38. The SMILES string of the molecule is C=CC[C@H](CO[Si](C)(C)C(C)(C)C)[C@H](CCCCCCCCCCC)OC(C)=O. The van der Waals surface area contributed by atoms with Crippen molar-refractivity contribution in [2.45, 2.75) is 129 Å². The van der Waals surface area contributed by atoms with Crippen molar-refractivity contribution in [3.63, 3.8) is 0 Å². The van der Waals surface area contributed by atoms with E-state index < -0.39 is 8.32 Å². The van der Waals surface area contributed by atoms with Crippen molar-refractivity contribution in [3.8, 4) is 0 Å². The molecule has 0 amide bonds. The molecule has 0 saturated carbocycles. The topological polar surface area (TPSA) is 35.5 Å². The van der Waals surface area contributed by atoms with Crippen molar-refractivity contribution >= 4 is 14.3 Å². The fraction of sp³-hybridized carbons (Fsp3) is 0.880. The minimum Gasteiger partial charge on any atom is -0.462 e. The number of carbonyl (C=O) groups excluding carboxylic acids is 1. The van der Waals surface area contributed by atoms with Gasteiger partial charge in [-0.15, -0.1) is 6.58 Å². The van der Waals surface area contributed by atoms with Crippen molar-refractivity contribution in [3.05, 3.63) is 12.7 Å². The predicted octanol–water partition coefficient (Wildman–Crippen LogP) is 8.05. The Hall–Kier alpha value is -0.613. The van der Waals surface area contributed by atoms with Crippen LogP contribution in [-0.2, 0) is 14.0 Å². The van der Waals surface area contributed by atoms with Crippen molar-refractivity contribution in [1.29, 1.82) is 0 Å². The Bertz CT molecular complexity index is 440. The molecular weight excluding hydrogens is 376 g/mol. The molecular formula is C25H50O3Si. The van der Waals surface area contributed by atoms with Crippen LogP contribution >= 0.6 is 0 Å². The molecule has 0 unspecified atom stereocenters. The van der Waals surface area contributed by atoms with Crippen LogP contribution in [0.5, 0.6) is 0 Å². The van der Waals surface area contributed by atoms with Crippen LogP contribution in [0.1, 0.15) is 105 Å². The van der Waals surface area contributed by atoms with E-state index in [2.05, 4.69) is 47.4 Å². The molecule has 0 bridgehead atoms. The molecule has 0 aromatic heterocycles. The molecule has 4 heteroatoms. The van der Waals surface area contributed by atoms with Gasteiger partial charge in [0.1, 0.15) is 6.10 Å². The highest BCUT2D eigenvalue weighted by Crippen LogP contribution is 2.37. The summed E-state index contributed by atoms with van der Waals surface area (Å²) in [5.74, 6) is 0.00637. The van der Waals surface area contributed by atoms with E-state index in [4.69, 9.17) is 9.16 Å². The first kappa shape index (κ1) is 28.4. The van der Waals surface area contributed by atoms with Gasteiger partial charge in [0.25, 0.3) is 0 Å². The van der Waals surface area contributed by atoms with Crippen molar-refractivity contribution in [2.75, 3.05) is 6.61 Å². The molecule has 3 nitrogen and oxygen atoms in total. The van der Waals surface area contributed by atoms with E-state index in [1.165, 1.54) is 58.3 Å². The Kier molecular flexibility index (Phi) is 14.9. The van der Waals surface area contributed by atoms with Gasteiger partial charge in [0.05, 0.1) is 0 Å². The highest BCUT2D eigenvalue weighted by atomic mass is 28.4. The van der Waals surface area contributed by atoms with Gasteiger partial charge in [-0.25, -0.2) is 0 Å². The first-order valence-electron chi connectivity index (χ1n) is 12.0. The van der Waals surface area contributed by atoms with Crippen LogP contribution in [0, 0.1) is 5.92 Å². The lowest BCUT2D eigenvalue weighted by Crippen LogP contribution is -2.43. The fourth-order valence-electron chi connectivity index (χ4n) is 3.33. The first-order chi connectivity index (χ1) is 13.5. The largest absolute Gasteiger partial charge is 0.462 e. The summed E-state index contributed by atoms with van der Waals surface area (Å²) in [7, 11) is -1.82. The van der Waals surface area contributed by atoms with Crippen LogP contribution in [0.25, 0.3) is 0 Å². The third-order valence-electron chi connectivity index (χ3n) is 6.37. The van der Waals surface area contributed by atoms with Crippen molar-refractivity contribution in [1.82, 2.24) is 0 Å². The molecule has 172 valence electrons. The first-order valence-corrected chi connectivity index (χ1v) is 14.9. The number of rotatable bonds is 17. The molecule has 0 saturated heterocycles. The van der Waals surface area contributed by atoms with Gasteiger partial charge >= 0.3 is 5.97 Å². The number of allylic oxidation sites excluding steroid dienone is 1. The Morgan fingerprint density at radius 3 is 1.97 bits per heavy atom. The van der Waals surface area contributed by atoms with E-state index in [9.17, 15) is 4.79 Å². The van der Waals surface area contributed by atoms with E-state index in [0.29, 0.717) is 6.61 Å². The highest BCUT2D eigenvalue weighted by molar-refractivity contribution is 6.74. The standard InChI is InChI=1S/C25H50O3Si/c1-9-11-12-13-14-15-16-17-18-20-24(28-22(3)26)23(19-10-2)21-27-29(7,8)25(4,5)6/h10,23-24H,2,9,11-21H2,1,3-8H3/t23-,24+/m1/s1. The maximum atomic E-state index is 11.7. The van der Waals surface area contributed by atoms with Gasteiger partial charge in [0.15, 0.2) is 8.32 Å². The summed E-state index contributed by atoms with van der Waals surface area (Å²) in [5.41, 5.74) is 0. The summed E-state index contributed by atoms with van der Waals surface area (Å²) in [5, 5.41) is 0.180. The molecule has 2 atom stereocenters. The number of carbonyl (C=O) groups is 1. The number of hydrogen-bond acceptors (Lipinski definition) is 3. The Labute approximate surface area is 183 Å². The molecule has 0 fully saturated rings. The molecule has 0 radical (unpaired) electrons. The van der Waals surface area contributed by atoms with E-state index >= 15 is 0 Å². The third kappa shape index (κ3) is 13.3. The summed E-state index contributed by atoms with van der Waals surface area (Å²) in [6.45, 7) is 19.7. The normalized spacial score (nSPS) is 14.4. The number of unbranched alkanes of at least 4 members (excludes halogenated alkanes) is 8. The second-order valence-corrected chi connectivity index (χ2v) is 14.9. The van der Waals surface area contributed by atoms with Crippen molar-refractivity contribution in [2.24, 2.45) is 5.92 Å². The second kappa shape index (κ2) is 15.2. The molecule has 0 spiro atoms. The lowest BCUT2D eigenvalue weighted by atomic mass is 9.94. The smallest absolute Gasteiger partial charge is 0.302 e. The van der Waals surface area contributed by atoms with Gasteiger partial charge in [-0.2, -0.15) is 0 Å². The monoisotopic (exact) mass is 426 g/mol. The molecule has 0 heterocycles. The third-order valence-corrected chi connectivity index (χ3v) is 10.9. The van der Waals surface area contributed by atoms with Gasteiger partial charge in [0.2, 0.25) is 0 Å². The van der Waals surface area contributed by atoms with Gasteiger partial charge < -0.3 is 9.16 Å². The van der Waals surface area contributed by atoms with E-state index in [0.717, 1.165) is 19.3 Å². The fourth-order valence-corrected chi connectivity index (χ4v) is 4.40. The number of esters is 1. The molecule has 0 aliphatic heterocycles. The molecule has 0 aliphatic rings. The summed E-state index contributed by atoms with van der Waals surface area (Å²) in [6, 6.07) is 0. The Morgan fingerprint density at radius 1 is 1.00 bits per heavy atom. The minimum absolute atomic E-state index is 0.0696. The van der Waals surface area contributed by atoms with Crippen LogP contribution in [-0.4, -0.2) is 27.0 Å². The zero-order valence-corrected chi connectivity index (χ0v) is 21.6. The predicted molar refractivity (Wildman–Crippen MR) is 129 cm³/mol. The summed E-state index contributed by atoms with van der Waals surface area (Å²) in [6.07, 6.45) is 15.3. The lowest BCUT2D eigenvalue weighted by Gasteiger charge is -2.38. The molecule has 0 aliphatic carbocycles. The average molecular weight is 427 g/mol. The van der Waals surface area contributed by atoms with Crippen LogP contribution in [0.4, 0.5) is 0 Å². The van der Waals surface area contributed by atoms with Crippen LogP contribution in [0.2, 0.25) is 18.1 Å². The number of hydrogen-bond donors (Lipinski definition) is 0. The zero-order chi connectivity index (χ0) is 22.3. The van der Waals surface area contributed by atoms with Gasteiger partial charge in [0, 0.05) is 19.4 Å². The van der Waals surface area contributed by atoms with Crippen LogP contribution < -0.4 is 0 Å².